The van der Waals surface area contributed by atoms with Crippen molar-refractivity contribution in [3.05, 3.63) is 70.8 Å². The molecule has 0 radical (unpaired) electrons. The number of hydrogen-bond acceptors (Lipinski definition) is 3. The first-order chi connectivity index (χ1) is 13.7. The summed E-state index contributed by atoms with van der Waals surface area (Å²) < 4.78 is 98.3. The van der Waals surface area contributed by atoms with Gasteiger partial charge in [0, 0.05) is 12.5 Å². The van der Waals surface area contributed by atoms with Gasteiger partial charge in [-0.05, 0) is 46.7 Å². The molecule has 30 heavy (non-hydrogen) atoms. The third-order valence-electron chi connectivity index (χ3n) is 3.99. The normalized spacial score (nSPS) is 15.2. The van der Waals surface area contributed by atoms with Crippen LogP contribution in [0.25, 0.3) is 0 Å². The van der Waals surface area contributed by atoms with Gasteiger partial charge in [-0.2, -0.15) is 26.3 Å². The van der Waals surface area contributed by atoms with Gasteiger partial charge < -0.3 is 9.29 Å². The maximum atomic E-state index is 13.1. The van der Waals surface area contributed by atoms with Crippen LogP contribution in [0.5, 0.6) is 0 Å². The molecule has 10 heteroatoms. The molecule has 0 fully saturated rings. The molecule has 2 aromatic rings. The second kappa shape index (κ2) is 8.99. The third kappa shape index (κ3) is 7.03. The molecule has 0 bridgehead atoms. The Bertz CT molecular complexity index is 857. The summed E-state index contributed by atoms with van der Waals surface area (Å²) in [5.74, 6) is 0. The van der Waals surface area contributed by atoms with Crippen molar-refractivity contribution in [2.24, 2.45) is 4.40 Å². The summed E-state index contributed by atoms with van der Waals surface area (Å²) in [5.41, 5.74) is -2.10. The van der Waals surface area contributed by atoms with Gasteiger partial charge in [-0.15, -0.1) is 0 Å². The lowest BCUT2D eigenvalue weighted by molar-refractivity contribution is -0.143. The molecule has 0 heterocycles. The Morgan fingerprint density at radius 1 is 0.967 bits per heavy atom. The van der Waals surface area contributed by atoms with Gasteiger partial charge in [0.15, 0.2) is 0 Å². The van der Waals surface area contributed by atoms with Crippen LogP contribution in [0.1, 0.15) is 35.3 Å². The van der Waals surface area contributed by atoms with E-state index in [1.165, 1.54) is 19.4 Å². The number of nitrogens with zero attached hydrogens (tertiary/aromatic N) is 1. The Kier molecular flexibility index (Phi) is 7.26. The molecule has 2 rings (SSSR count). The van der Waals surface area contributed by atoms with Crippen molar-refractivity contribution in [2.75, 3.05) is 19.1 Å². The molecule has 0 aliphatic rings. The minimum Gasteiger partial charge on any atom is -0.367 e. The molecule has 0 spiro atoms. The second-order valence-corrected chi connectivity index (χ2v) is 9.54. The van der Waals surface area contributed by atoms with Crippen LogP contribution in [0.4, 0.5) is 26.3 Å². The van der Waals surface area contributed by atoms with E-state index in [1.54, 1.807) is 30.3 Å². The van der Waals surface area contributed by atoms with Crippen molar-refractivity contribution in [1.29, 1.82) is 0 Å². The lowest BCUT2D eigenvalue weighted by Gasteiger charge is -2.22. The van der Waals surface area contributed by atoms with Crippen molar-refractivity contribution in [3.8, 4) is 0 Å². The van der Waals surface area contributed by atoms with Gasteiger partial charge in [-0.1, -0.05) is 30.3 Å². The lowest BCUT2D eigenvalue weighted by atomic mass is 10.0. The fourth-order valence-electron chi connectivity index (χ4n) is 2.58. The molecule has 1 N–H and O–H groups in total. The summed E-state index contributed by atoms with van der Waals surface area (Å²) in [6, 6.07) is 10.0. The Morgan fingerprint density at radius 3 is 1.90 bits per heavy atom. The lowest BCUT2D eigenvalue weighted by Crippen LogP contribution is -2.16. The standard InChI is InChI=1S/C20H21F6NO2S/c1-13(15-9-16(19(21,22)23)11-17(10-15)20(24,25)26)29-12-18(27-30(2,3)28)14-7-5-4-6-8-14/h4-11,13,28H,12H2,1-3H3/b27-18+/t13-/m1/s1. The molecule has 0 aromatic heterocycles. The SMILES string of the molecule is C[C@@H](OC/C(=N\S(C)(C)O)c1ccccc1)c1cc(C(F)(F)F)cc(C(F)(F)F)c1. The number of benzene rings is 2. The van der Waals surface area contributed by atoms with E-state index in [-0.39, 0.29) is 18.2 Å². The molecule has 0 saturated heterocycles. The Hall–Kier alpha value is -2.04. The largest absolute Gasteiger partial charge is 0.416 e. The van der Waals surface area contributed by atoms with Crippen molar-refractivity contribution in [2.45, 2.75) is 25.4 Å². The van der Waals surface area contributed by atoms with E-state index in [4.69, 9.17) is 4.74 Å². The highest BCUT2D eigenvalue weighted by atomic mass is 32.3. The van der Waals surface area contributed by atoms with Gasteiger partial charge in [-0.25, -0.2) is 4.40 Å². The van der Waals surface area contributed by atoms with E-state index >= 15 is 0 Å². The van der Waals surface area contributed by atoms with E-state index in [9.17, 15) is 30.9 Å². The second-order valence-electron chi connectivity index (χ2n) is 6.92. The third-order valence-corrected chi connectivity index (χ3v) is 4.66. The molecule has 0 aliphatic carbocycles. The smallest absolute Gasteiger partial charge is 0.367 e. The molecule has 166 valence electrons. The highest BCUT2D eigenvalue weighted by molar-refractivity contribution is 8.27. The number of rotatable bonds is 6. The molecular weight excluding hydrogens is 432 g/mol. The topological polar surface area (TPSA) is 41.8 Å². The Morgan fingerprint density at radius 2 is 1.47 bits per heavy atom. The van der Waals surface area contributed by atoms with Gasteiger partial charge in [0.05, 0.1) is 29.5 Å². The van der Waals surface area contributed by atoms with Crippen LogP contribution < -0.4 is 0 Å². The summed E-state index contributed by atoms with van der Waals surface area (Å²) in [6.45, 7) is 1.15. The Labute approximate surface area is 172 Å². The summed E-state index contributed by atoms with van der Waals surface area (Å²) in [5, 5.41) is 0. The quantitative estimate of drug-likeness (QED) is 0.389. The molecule has 0 aliphatic heterocycles. The van der Waals surface area contributed by atoms with E-state index < -0.39 is 40.1 Å². The van der Waals surface area contributed by atoms with Crippen molar-refractivity contribution in [1.82, 2.24) is 0 Å². The van der Waals surface area contributed by atoms with E-state index in [2.05, 4.69) is 4.40 Å². The predicted octanol–water partition coefficient (Wildman–Crippen LogP) is 6.74. The summed E-state index contributed by atoms with van der Waals surface area (Å²) in [6.07, 6.45) is -7.92. The van der Waals surface area contributed by atoms with Gasteiger partial charge in [0.2, 0.25) is 0 Å². The molecule has 0 saturated carbocycles. The van der Waals surface area contributed by atoms with Crippen LogP contribution in [-0.4, -0.2) is 29.4 Å². The number of halogens is 6. The Balaban J connectivity index is 2.34. The van der Waals surface area contributed by atoms with E-state index in [0.717, 1.165) is 0 Å². The van der Waals surface area contributed by atoms with Crippen LogP contribution in [0, 0.1) is 0 Å². The first-order valence-electron chi connectivity index (χ1n) is 8.68. The fraction of sp³-hybridized carbons (Fsp3) is 0.350. The van der Waals surface area contributed by atoms with Crippen molar-refractivity contribution >= 4 is 16.2 Å². The molecule has 3 nitrogen and oxygen atoms in total. The predicted molar refractivity (Wildman–Crippen MR) is 106 cm³/mol. The van der Waals surface area contributed by atoms with Crippen LogP contribution in [0.15, 0.2) is 52.9 Å². The van der Waals surface area contributed by atoms with Gasteiger partial charge in [0.1, 0.15) is 0 Å². The zero-order valence-electron chi connectivity index (χ0n) is 16.4. The van der Waals surface area contributed by atoms with Crippen LogP contribution in [-0.2, 0) is 17.1 Å². The molecular formula is C20H21F6NO2S. The monoisotopic (exact) mass is 453 g/mol. The number of ether oxygens (including phenoxy) is 1. The summed E-state index contributed by atoms with van der Waals surface area (Å²) >= 11 is 0. The zero-order valence-corrected chi connectivity index (χ0v) is 17.2. The minimum absolute atomic E-state index is 0.0741. The highest BCUT2D eigenvalue weighted by Gasteiger charge is 2.37. The van der Waals surface area contributed by atoms with E-state index in [1.807, 2.05) is 0 Å². The molecule has 0 amide bonds. The zero-order chi connectivity index (χ0) is 22.7. The average molecular weight is 453 g/mol. The number of hydrogen-bond donors (Lipinski definition) is 1. The van der Waals surface area contributed by atoms with Gasteiger partial charge in [-0.3, -0.25) is 0 Å². The first-order valence-corrected chi connectivity index (χ1v) is 11.0. The molecule has 0 unspecified atom stereocenters. The first kappa shape index (κ1) is 24.2. The van der Waals surface area contributed by atoms with Gasteiger partial charge >= 0.3 is 12.4 Å². The average Bonchev–Trinajstić information content (AvgIpc) is 2.63. The van der Waals surface area contributed by atoms with Crippen LogP contribution in [0.3, 0.4) is 0 Å². The van der Waals surface area contributed by atoms with Crippen molar-refractivity contribution < 1.29 is 35.6 Å². The van der Waals surface area contributed by atoms with Crippen molar-refractivity contribution in [3.63, 3.8) is 0 Å². The maximum Gasteiger partial charge on any atom is 0.416 e. The fourth-order valence-corrected chi connectivity index (χ4v) is 3.27. The maximum absolute atomic E-state index is 13.1. The van der Waals surface area contributed by atoms with Crippen LogP contribution >= 0.6 is 10.5 Å². The van der Waals surface area contributed by atoms with Crippen LogP contribution in [0.2, 0.25) is 0 Å². The van der Waals surface area contributed by atoms with E-state index in [0.29, 0.717) is 23.4 Å². The molecule has 1 atom stereocenters. The molecule has 2 aromatic carbocycles. The van der Waals surface area contributed by atoms with Gasteiger partial charge in [0.25, 0.3) is 0 Å². The minimum atomic E-state index is -4.93. The highest BCUT2D eigenvalue weighted by Crippen LogP contribution is 2.39. The summed E-state index contributed by atoms with van der Waals surface area (Å²) in [7, 11) is -2.33. The summed E-state index contributed by atoms with van der Waals surface area (Å²) in [4.78, 5) is 0. The number of alkyl halides is 6.